The van der Waals surface area contributed by atoms with E-state index in [1.54, 1.807) is 13.2 Å². The minimum atomic E-state index is 0.421. The molecule has 1 heterocycles. The summed E-state index contributed by atoms with van der Waals surface area (Å²) in [5.41, 5.74) is 4.40. The van der Waals surface area contributed by atoms with Crippen LogP contribution in [0.4, 0.5) is 5.82 Å². The van der Waals surface area contributed by atoms with Gasteiger partial charge in [-0.2, -0.15) is 0 Å². The highest BCUT2D eigenvalue weighted by atomic mass is 35.5. The predicted octanol–water partition coefficient (Wildman–Crippen LogP) is 2.15. The quantitative estimate of drug-likeness (QED) is 0.648. The van der Waals surface area contributed by atoms with Crippen LogP contribution in [-0.4, -0.2) is 17.1 Å². The number of rotatable bonds is 5. The fourth-order valence-corrected chi connectivity index (χ4v) is 1.84. The van der Waals surface area contributed by atoms with Crippen molar-refractivity contribution in [2.45, 2.75) is 13.0 Å². The van der Waals surface area contributed by atoms with Gasteiger partial charge in [-0.1, -0.05) is 23.7 Å². The molecule has 0 radical (unpaired) electrons. The van der Waals surface area contributed by atoms with Gasteiger partial charge in [0.1, 0.15) is 11.6 Å². The summed E-state index contributed by atoms with van der Waals surface area (Å²) in [6.07, 6.45) is 0.614. The van der Waals surface area contributed by atoms with Crippen molar-refractivity contribution >= 4 is 17.4 Å². The second-order valence-corrected chi connectivity index (χ2v) is 4.48. The van der Waals surface area contributed by atoms with Gasteiger partial charge in [0, 0.05) is 24.6 Å². The van der Waals surface area contributed by atoms with Crippen LogP contribution in [0.1, 0.15) is 17.1 Å². The lowest BCUT2D eigenvalue weighted by molar-refractivity contribution is 0.181. The third kappa shape index (κ3) is 3.89. The number of nitrogen functional groups attached to an aromatic ring is 1. The summed E-state index contributed by atoms with van der Waals surface area (Å²) in [5, 5.41) is 0.710. The number of aromatic nitrogens is 2. The molecule has 0 atom stereocenters. The standard InChI is InChI=1S/C13H15ClN4O/c1-19-8-11-7-13(18-15)17-12(16-11)6-9-2-4-10(14)5-3-9/h2-5,7H,6,8,15H2,1H3,(H,16,17,18). The third-order valence-corrected chi connectivity index (χ3v) is 2.79. The fraction of sp³-hybridized carbons (Fsp3) is 0.231. The van der Waals surface area contributed by atoms with Gasteiger partial charge in [-0.05, 0) is 17.7 Å². The normalized spacial score (nSPS) is 10.5. The molecule has 19 heavy (non-hydrogen) atoms. The molecule has 0 aliphatic carbocycles. The van der Waals surface area contributed by atoms with E-state index in [-0.39, 0.29) is 0 Å². The van der Waals surface area contributed by atoms with Crippen LogP contribution in [0.5, 0.6) is 0 Å². The van der Waals surface area contributed by atoms with Gasteiger partial charge >= 0.3 is 0 Å². The largest absolute Gasteiger partial charge is 0.378 e. The number of benzene rings is 1. The molecule has 100 valence electrons. The Labute approximate surface area is 116 Å². The maximum absolute atomic E-state index is 5.85. The van der Waals surface area contributed by atoms with Crippen LogP contribution in [-0.2, 0) is 17.8 Å². The smallest absolute Gasteiger partial charge is 0.144 e. The van der Waals surface area contributed by atoms with Crippen LogP contribution in [0.2, 0.25) is 5.02 Å². The average Bonchev–Trinajstić information content (AvgIpc) is 2.41. The van der Waals surface area contributed by atoms with Crippen molar-refractivity contribution in [3.05, 3.63) is 52.4 Å². The van der Waals surface area contributed by atoms with Crippen molar-refractivity contribution in [1.82, 2.24) is 9.97 Å². The number of hydrogen-bond donors (Lipinski definition) is 2. The highest BCUT2D eigenvalue weighted by molar-refractivity contribution is 6.30. The molecule has 1 aromatic heterocycles. The van der Waals surface area contributed by atoms with E-state index in [4.69, 9.17) is 22.2 Å². The van der Waals surface area contributed by atoms with Crippen LogP contribution < -0.4 is 11.3 Å². The lowest BCUT2D eigenvalue weighted by Gasteiger charge is -2.07. The molecular weight excluding hydrogens is 264 g/mol. The molecule has 2 aromatic rings. The number of nitrogens with zero attached hydrogens (tertiary/aromatic N) is 2. The van der Waals surface area contributed by atoms with E-state index < -0.39 is 0 Å². The summed E-state index contributed by atoms with van der Waals surface area (Å²) in [4.78, 5) is 8.74. The van der Waals surface area contributed by atoms with Crippen molar-refractivity contribution in [3.8, 4) is 0 Å². The lowest BCUT2D eigenvalue weighted by atomic mass is 10.1. The number of anilines is 1. The number of nitrogens with one attached hydrogen (secondary N) is 1. The highest BCUT2D eigenvalue weighted by Crippen LogP contribution is 2.14. The van der Waals surface area contributed by atoms with Gasteiger partial charge in [0.05, 0.1) is 12.3 Å². The molecule has 0 amide bonds. The average molecular weight is 279 g/mol. The molecule has 5 nitrogen and oxygen atoms in total. The first-order valence-corrected chi connectivity index (χ1v) is 6.16. The fourth-order valence-electron chi connectivity index (χ4n) is 1.71. The van der Waals surface area contributed by atoms with Gasteiger partial charge in [0.2, 0.25) is 0 Å². The molecule has 0 spiro atoms. The summed E-state index contributed by atoms with van der Waals surface area (Å²) >= 11 is 5.85. The van der Waals surface area contributed by atoms with Gasteiger partial charge in [-0.15, -0.1) is 0 Å². The van der Waals surface area contributed by atoms with Gasteiger partial charge < -0.3 is 10.2 Å². The molecule has 0 aliphatic rings. The Morgan fingerprint density at radius 2 is 2.00 bits per heavy atom. The zero-order valence-electron chi connectivity index (χ0n) is 10.6. The second-order valence-electron chi connectivity index (χ2n) is 4.04. The van der Waals surface area contributed by atoms with E-state index >= 15 is 0 Å². The topological polar surface area (TPSA) is 73.1 Å². The van der Waals surface area contributed by atoms with E-state index in [0.717, 1.165) is 11.3 Å². The van der Waals surface area contributed by atoms with Gasteiger partial charge in [0.25, 0.3) is 0 Å². The zero-order valence-corrected chi connectivity index (χ0v) is 11.3. The highest BCUT2D eigenvalue weighted by Gasteiger charge is 2.05. The SMILES string of the molecule is COCc1cc(NN)nc(Cc2ccc(Cl)cc2)n1. The van der Waals surface area contributed by atoms with Crippen molar-refractivity contribution in [2.75, 3.05) is 12.5 Å². The van der Waals surface area contributed by atoms with Crippen molar-refractivity contribution in [3.63, 3.8) is 0 Å². The monoisotopic (exact) mass is 278 g/mol. The van der Waals surface area contributed by atoms with Gasteiger partial charge in [-0.25, -0.2) is 15.8 Å². The Hall–Kier alpha value is -1.69. The molecule has 1 aromatic carbocycles. The van der Waals surface area contributed by atoms with E-state index in [0.29, 0.717) is 29.7 Å². The van der Waals surface area contributed by atoms with E-state index in [1.165, 1.54) is 0 Å². The maximum Gasteiger partial charge on any atom is 0.144 e. The van der Waals surface area contributed by atoms with E-state index in [2.05, 4.69) is 15.4 Å². The van der Waals surface area contributed by atoms with E-state index in [9.17, 15) is 0 Å². The first-order chi connectivity index (χ1) is 9.21. The van der Waals surface area contributed by atoms with Crippen LogP contribution in [0.15, 0.2) is 30.3 Å². The van der Waals surface area contributed by atoms with Crippen molar-refractivity contribution in [1.29, 1.82) is 0 Å². The van der Waals surface area contributed by atoms with Gasteiger partial charge in [0.15, 0.2) is 0 Å². The minimum absolute atomic E-state index is 0.421. The molecule has 0 fully saturated rings. The van der Waals surface area contributed by atoms with Crippen molar-refractivity contribution < 1.29 is 4.74 Å². The molecule has 0 saturated carbocycles. The summed E-state index contributed by atoms with van der Waals surface area (Å²) in [6.45, 7) is 0.421. The molecule has 0 unspecified atom stereocenters. The Kier molecular flexibility index (Phi) is 4.68. The van der Waals surface area contributed by atoms with E-state index in [1.807, 2.05) is 24.3 Å². The van der Waals surface area contributed by atoms with Crippen molar-refractivity contribution in [2.24, 2.45) is 5.84 Å². The van der Waals surface area contributed by atoms with Crippen LogP contribution >= 0.6 is 11.6 Å². The number of halogens is 1. The predicted molar refractivity (Wildman–Crippen MR) is 74.8 cm³/mol. The van der Waals surface area contributed by atoms with Crippen LogP contribution in [0.3, 0.4) is 0 Å². The molecule has 0 saturated heterocycles. The number of nitrogens with two attached hydrogens (primary N) is 1. The van der Waals surface area contributed by atoms with Crippen LogP contribution in [0.25, 0.3) is 0 Å². The minimum Gasteiger partial charge on any atom is -0.378 e. The third-order valence-electron chi connectivity index (χ3n) is 2.54. The first-order valence-electron chi connectivity index (χ1n) is 5.78. The Balaban J connectivity index is 2.23. The summed E-state index contributed by atoms with van der Waals surface area (Å²) in [5.74, 6) is 6.66. The number of methoxy groups -OCH3 is 1. The molecule has 0 bridgehead atoms. The first kappa shape index (κ1) is 13.7. The summed E-state index contributed by atoms with van der Waals surface area (Å²) < 4.78 is 5.07. The zero-order chi connectivity index (χ0) is 13.7. The maximum atomic E-state index is 5.85. The molecular formula is C13H15ClN4O. The number of hydrogen-bond acceptors (Lipinski definition) is 5. The summed E-state index contributed by atoms with van der Waals surface area (Å²) in [7, 11) is 1.62. The number of ether oxygens (including phenoxy) is 1. The Morgan fingerprint density at radius 3 is 2.63 bits per heavy atom. The Bertz CT molecular complexity index is 545. The summed E-state index contributed by atoms with van der Waals surface area (Å²) in [6, 6.07) is 9.35. The van der Waals surface area contributed by atoms with Gasteiger partial charge in [-0.3, -0.25) is 0 Å². The molecule has 6 heteroatoms. The molecule has 3 N–H and O–H groups in total. The second kappa shape index (κ2) is 6.47. The Morgan fingerprint density at radius 1 is 1.26 bits per heavy atom. The molecule has 2 rings (SSSR count). The number of hydrazine groups is 1. The van der Waals surface area contributed by atoms with Crippen LogP contribution in [0, 0.1) is 0 Å². The lowest BCUT2D eigenvalue weighted by Crippen LogP contribution is -2.12. The molecule has 0 aliphatic heterocycles.